The van der Waals surface area contributed by atoms with Crippen LogP contribution in [0.25, 0.3) is 0 Å². The van der Waals surface area contributed by atoms with Crippen molar-refractivity contribution < 1.29 is 9.13 Å². The number of methoxy groups -OCH3 is 1. The van der Waals surface area contributed by atoms with Gasteiger partial charge in [0.25, 0.3) is 0 Å². The summed E-state index contributed by atoms with van der Waals surface area (Å²) in [4.78, 5) is 0. The first-order valence-electron chi connectivity index (χ1n) is 4.78. The number of benzene rings is 1. The lowest BCUT2D eigenvalue weighted by Crippen LogP contribution is -2.09. The van der Waals surface area contributed by atoms with Crippen LogP contribution in [-0.2, 0) is 0 Å². The highest BCUT2D eigenvalue weighted by Crippen LogP contribution is 2.23. The molecular weight excluding hydrogens is 181 g/mol. The second-order valence-corrected chi connectivity index (χ2v) is 3.29. The predicted octanol–water partition coefficient (Wildman–Crippen LogP) is 2.63. The summed E-state index contributed by atoms with van der Waals surface area (Å²) in [5, 5.41) is 0. The fraction of sp³-hybridized carbons (Fsp3) is 0.455. The smallest absolute Gasteiger partial charge is 0.165 e. The lowest BCUT2D eigenvalue weighted by molar-refractivity contribution is 0.385. The van der Waals surface area contributed by atoms with Crippen LogP contribution in [0, 0.1) is 5.82 Å². The van der Waals surface area contributed by atoms with Crippen molar-refractivity contribution in [3.8, 4) is 5.75 Å². The first-order valence-corrected chi connectivity index (χ1v) is 4.78. The highest BCUT2D eigenvalue weighted by Gasteiger charge is 2.08. The van der Waals surface area contributed by atoms with Crippen LogP contribution in [0.5, 0.6) is 5.75 Å². The zero-order chi connectivity index (χ0) is 10.6. The Hall–Kier alpha value is -1.09. The van der Waals surface area contributed by atoms with Gasteiger partial charge in [-0.05, 0) is 24.1 Å². The first kappa shape index (κ1) is 11.0. The average Bonchev–Trinajstić information content (AvgIpc) is 2.19. The Morgan fingerprint density at radius 2 is 2.21 bits per heavy atom. The molecule has 2 N–H and O–H groups in total. The van der Waals surface area contributed by atoms with E-state index in [-0.39, 0.29) is 17.6 Å². The summed E-state index contributed by atoms with van der Waals surface area (Å²) in [5.74, 6) is -0.0889. The summed E-state index contributed by atoms with van der Waals surface area (Å²) in [5.41, 5.74) is 6.82. The monoisotopic (exact) mass is 197 g/mol. The van der Waals surface area contributed by atoms with Crippen molar-refractivity contribution >= 4 is 0 Å². The molecule has 1 unspecified atom stereocenters. The van der Waals surface area contributed by atoms with E-state index in [1.807, 2.05) is 0 Å². The zero-order valence-corrected chi connectivity index (χ0v) is 8.59. The van der Waals surface area contributed by atoms with Gasteiger partial charge in [0.2, 0.25) is 0 Å². The highest BCUT2D eigenvalue weighted by atomic mass is 19.1. The van der Waals surface area contributed by atoms with Crippen LogP contribution in [-0.4, -0.2) is 7.11 Å². The summed E-state index contributed by atoms with van der Waals surface area (Å²) in [6.07, 6.45) is 1.91. The van der Waals surface area contributed by atoms with Crippen LogP contribution in [0.15, 0.2) is 18.2 Å². The number of ether oxygens (including phenoxy) is 1. The summed E-state index contributed by atoms with van der Waals surface area (Å²) in [6.45, 7) is 2.07. The van der Waals surface area contributed by atoms with Gasteiger partial charge in [-0.25, -0.2) is 4.39 Å². The van der Waals surface area contributed by atoms with Crippen LogP contribution < -0.4 is 10.5 Å². The van der Waals surface area contributed by atoms with E-state index in [4.69, 9.17) is 10.5 Å². The van der Waals surface area contributed by atoms with E-state index in [0.29, 0.717) is 0 Å². The highest BCUT2D eigenvalue weighted by molar-refractivity contribution is 5.31. The molecule has 1 aromatic rings. The van der Waals surface area contributed by atoms with E-state index in [1.54, 1.807) is 12.1 Å². The van der Waals surface area contributed by atoms with Crippen molar-refractivity contribution in [2.75, 3.05) is 7.11 Å². The van der Waals surface area contributed by atoms with Crippen LogP contribution >= 0.6 is 0 Å². The molecule has 14 heavy (non-hydrogen) atoms. The van der Waals surface area contributed by atoms with Gasteiger partial charge in [-0.15, -0.1) is 0 Å². The van der Waals surface area contributed by atoms with Crippen LogP contribution in [0.1, 0.15) is 31.4 Å². The first-order chi connectivity index (χ1) is 6.69. The molecule has 3 heteroatoms. The molecule has 1 aromatic carbocycles. The molecule has 1 atom stereocenters. The third kappa shape index (κ3) is 2.45. The lowest BCUT2D eigenvalue weighted by atomic mass is 10.0. The molecule has 0 fully saturated rings. The fourth-order valence-electron chi connectivity index (χ4n) is 1.38. The summed E-state index contributed by atoms with van der Waals surface area (Å²) < 4.78 is 17.9. The standard InChI is InChI=1S/C11H16FNO/c1-3-4-10(13)8-5-6-9(12)11(7-8)14-2/h5-7,10H,3-4,13H2,1-2H3. The molecule has 0 bridgehead atoms. The molecule has 0 saturated carbocycles. The second-order valence-electron chi connectivity index (χ2n) is 3.29. The number of hydrogen-bond acceptors (Lipinski definition) is 2. The molecule has 0 spiro atoms. The average molecular weight is 197 g/mol. The summed E-state index contributed by atoms with van der Waals surface area (Å²) in [7, 11) is 1.45. The normalized spacial score (nSPS) is 12.6. The molecule has 0 amide bonds. The van der Waals surface area contributed by atoms with Crippen LogP contribution in [0.4, 0.5) is 4.39 Å². The van der Waals surface area contributed by atoms with Gasteiger partial charge in [0.1, 0.15) is 0 Å². The minimum Gasteiger partial charge on any atom is -0.494 e. The Morgan fingerprint density at radius 3 is 2.79 bits per heavy atom. The molecule has 0 aliphatic heterocycles. The zero-order valence-electron chi connectivity index (χ0n) is 8.59. The van der Waals surface area contributed by atoms with Gasteiger partial charge in [0, 0.05) is 6.04 Å². The Kier molecular flexibility index (Phi) is 3.89. The maximum atomic E-state index is 13.1. The molecule has 0 aliphatic rings. The van der Waals surface area contributed by atoms with Crippen molar-refractivity contribution in [2.24, 2.45) is 5.73 Å². The van der Waals surface area contributed by atoms with E-state index in [0.717, 1.165) is 18.4 Å². The lowest BCUT2D eigenvalue weighted by Gasteiger charge is -2.12. The van der Waals surface area contributed by atoms with E-state index < -0.39 is 0 Å². The van der Waals surface area contributed by atoms with Crippen molar-refractivity contribution in [3.05, 3.63) is 29.6 Å². The van der Waals surface area contributed by atoms with E-state index >= 15 is 0 Å². The van der Waals surface area contributed by atoms with Gasteiger partial charge in [-0.3, -0.25) is 0 Å². The van der Waals surface area contributed by atoms with Gasteiger partial charge in [-0.2, -0.15) is 0 Å². The van der Waals surface area contributed by atoms with Gasteiger partial charge in [0.05, 0.1) is 7.11 Å². The summed E-state index contributed by atoms with van der Waals surface area (Å²) >= 11 is 0. The molecule has 0 aromatic heterocycles. The van der Waals surface area contributed by atoms with Gasteiger partial charge in [0.15, 0.2) is 11.6 Å². The number of halogens is 1. The Morgan fingerprint density at radius 1 is 1.50 bits per heavy atom. The number of hydrogen-bond donors (Lipinski definition) is 1. The van der Waals surface area contributed by atoms with Crippen molar-refractivity contribution in [2.45, 2.75) is 25.8 Å². The maximum absolute atomic E-state index is 13.1. The minimum atomic E-state index is -0.347. The molecule has 0 saturated heterocycles. The number of rotatable bonds is 4. The molecule has 2 nitrogen and oxygen atoms in total. The maximum Gasteiger partial charge on any atom is 0.165 e. The molecule has 0 heterocycles. The number of nitrogens with two attached hydrogens (primary N) is 1. The molecule has 0 aliphatic carbocycles. The third-order valence-corrected chi connectivity index (χ3v) is 2.20. The van der Waals surface area contributed by atoms with E-state index in [9.17, 15) is 4.39 Å². The fourth-order valence-corrected chi connectivity index (χ4v) is 1.38. The van der Waals surface area contributed by atoms with Crippen LogP contribution in [0.2, 0.25) is 0 Å². The van der Waals surface area contributed by atoms with Crippen molar-refractivity contribution in [1.82, 2.24) is 0 Å². The third-order valence-electron chi connectivity index (χ3n) is 2.20. The Bertz CT molecular complexity index is 301. The Balaban J connectivity index is 2.88. The topological polar surface area (TPSA) is 35.2 Å². The molecule has 1 rings (SSSR count). The largest absolute Gasteiger partial charge is 0.494 e. The van der Waals surface area contributed by atoms with E-state index in [1.165, 1.54) is 13.2 Å². The summed E-state index contributed by atoms with van der Waals surface area (Å²) in [6, 6.07) is 4.73. The van der Waals surface area contributed by atoms with Crippen LogP contribution in [0.3, 0.4) is 0 Å². The van der Waals surface area contributed by atoms with Crippen molar-refractivity contribution in [1.29, 1.82) is 0 Å². The van der Waals surface area contributed by atoms with Gasteiger partial charge in [-0.1, -0.05) is 19.4 Å². The van der Waals surface area contributed by atoms with Gasteiger partial charge >= 0.3 is 0 Å². The van der Waals surface area contributed by atoms with Gasteiger partial charge < -0.3 is 10.5 Å². The predicted molar refractivity (Wildman–Crippen MR) is 54.8 cm³/mol. The quantitative estimate of drug-likeness (QED) is 0.805. The molecule has 78 valence electrons. The molecule has 0 radical (unpaired) electrons. The van der Waals surface area contributed by atoms with E-state index in [2.05, 4.69) is 6.92 Å². The minimum absolute atomic E-state index is 0.0329. The SMILES string of the molecule is CCCC(N)c1ccc(F)c(OC)c1. The molecular formula is C11H16FNO. The Labute approximate surface area is 83.9 Å². The second kappa shape index (κ2) is 4.96. The van der Waals surface area contributed by atoms with Crippen molar-refractivity contribution in [3.63, 3.8) is 0 Å².